The molecule has 2 aromatic heterocycles. The van der Waals surface area contributed by atoms with Crippen LogP contribution in [0, 0.1) is 6.92 Å². The molecule has 0 bridgehead atoms. The first kappa shape index (κ1) is 20.1. The van der Waals surface area contributed by atoms with Gasteiger partial charge >= 0.3 is 6.09 Å². The van der Waals surface area contributed by atoms with Crippen LogP contribution in [0.4, 0.5) is 10.6 Å². The molecule has 0 spiro atoms. The van der Waals surface area contributed by atoms with Gasteiger partial charge in [0.1, 0.15) is 5.75 Å². The number of nitrogens with one attached hydrogen (secondary N) is 1. The van der Waals surface area contributed by atoms with Crippen molar-refractivity contribution in [2.24, 2.45) is 7.05 Å². The van der Waals surface area contributed by atoms with Gasteiger partial charge in [0.05, 0.1) is 24.1 Å². The molecule has 1 fully saturated rings. The Balaban J connectivity index is 1.72. The Morgan fingerprint density at radius 3 is 2.79 bits per heavy atom. The molecule has 1 aliphatic rings. The van der Waals surface area contributed by atoms with E-state index >= 15 is 0 Å². The number of aromatic nitrogens is 4. The lowest BCUT2D eigenvalue weighted by Crippen LogP contribution is -2.20. The number of aryl methyl sites for hydroxylation is 2. The third-order valence-electron chi connectivity index (χ3n) is 4.90. The summed E-state index contributed by atoms with van der Waals surface area (Å²) in [5.41, 5.74) is 1.93. The summed E-state index contributed by atoms with van der Waals surface area (Å²) in [7, 11) is 1.71. The van der Waals surface area contributed by atoms with Gasteiger partial charge in [-0.1, -0.05) is 25.0 Å². The van der Waals surface area contributed by atoms with Gasteiger partial charge in [0.2, 0.25) is 0 Å². The third kappa shape index (κ3) is 4.99. The molecule has 3 rings (SSSR count). The fraction of sp³-hybridized carbons (Fsp3) is 0.600. The van der Waals surface area contributed by atoms with E-state index < -0.39 is 6.09 Å². The van der Waals surface area contributed by atoms with Crippen LogP contribution in [0.2, 0.25) is 0 Å². The maximum Gasteiger partial charge on any atom is 0.412 e. The molecule has 1 aliphatic carbocycles. The summed E-state index contributed by atoms with van der Waals surface area (Å²) in [6.45, 7) is 4.34. The lowest BCUT2D eigenvalue weighted by Gasteiger charge is -2.23. The first-order chi connectivity index (χ1) is 13.6. The molecule has 2 aromatic rings. The van der Waals surface area contributed by atoms with Crippen LogP contribution in [-0.2, 0) is 11.8 Å². The summed E-state index contributed by atoms with van der Waals surface area (Å²) in [4.78, 5) is 16.7. The Labute approximate surface area is 165 Å². The van der Waals surface area contributed by atoms with Crippen molar-refractivity contribution in [2.45, 2.75) is 64.9 Å². The van der Waals surface area contributed by atoms with Gasteiger partial charge in [-0.05, 0) is 51.2 Å². The van der Waals surface area contributed by atoms with Crippen LogP contribution in [0.5, 0.6) is 5.75 Å². The number of hydrogen-bond donors (Lipinski definition) is 1. The summed E-state index contributed by atoms with van der Waals surface area (Å²) in [6, 6.07) is 3.77. The second-order valence-corrected chi connectivity index (χ2v) is 7.18. The molecule has 28 heavy (non-hydrogen) atoms. The number of pyridine rings is 1. The highest BCUT2D eigenvalue weighted by Crippen LogP contribution is 2.29. The van der Waals surface area contributed by atoms with Gasteiger partial charge in [0, 0.05) is 7.05 Å². The minimum atomic E-state index is -0.519. The molecule has 0 aromatic carbocycles. The molecule has 1 amide bonds. The average Bonchev–Trinajstić information content (AvgIpc) is 3.05. The molecule has 0 radical (unpaired) electrons. The van der Waals surface area contributed by atoms with Crippen molar-refractivity contribution in [1.29, 1.82) is 0 Å². The average molecular weight is 387 g/mol. The summed E-state index contributed by atoms with van der Waals surface area (Å²) < 4.78 is 12.8. The van der Waals surface area contributed by atoms with Crippen molar-refractivity contribution in [3.63, 3.8) is 0 Å². The van der Waals surface area contributed by atoms with Crippen LogP contribution in [0.1, 0.15) is 57.6 Å². The smallest absolute Gasteiger partial charge is 0.412 e. The van der Waals surface area contributed by atoms with Crippen LogP contribution >= 0.6 is 0 Å². The van der Waals surface area contributed by atoms with Gasteiger partial charge in [0.15, 0.2) is 11.5 Å². The monoisotopic (exact) mass is 387 g/mol. The van der Waals surface area contributed by atoms with Crippen molar-refractivity contribution < 1.29 is 14.3 Å². The van der Waals surface area contributed by atoms with E-state index in [9.17, 15) is 4.79 Å². The van der Waals surface area contributed by atoms with Gasteiger partial charge in [-0.2, -0.15) is 0 Å². The number of hydrogen-bond acceptors (Lipinski definition) is 6. The van der Waals surface area contributed by atoms with Crippen LogP contribution in [-0.4, -0.2) is 38.8 Å². The molecule has 1 N–H and O–H groups in total. The van der Waals surface area contributed by atoms with Gasteiger partial charge in [-0.25, -0.2) is 14.5 Å². The Morgan fingerprint density at radius 1 is 1.29 bits per heavy atom. The van der Waals surface area contributed by atoms with Crippen LogP contribution in [0.25, 0.3) is 11.4 Å². The molecule has 8 heteroatoms. The Morgan fingerprint density at radius 2 is 2.07 bits per heavy atom. The standard InChI is InChI=1S/C20H29N5O3/c1-4-5-13-27-20(26)22-19-18(23-24-25(19)3)16-11-12-17(14(2)21-16)28-15-9-7-6-8-10-15/h11-12,15H,4-10,13H2,1-3H3,(H,22,26). The fourth-order valence-corrected chi connectivity index (χ4v) is 3.28. The number of rotatable bonds is 7. The third-order valence-corrected chi connectivity index (χ3v) is 4.90. The van der Waals surface area contributed by atoms with E-state index in [2.05, 4.69) is 20.6 Å². The second kappa shape index (κ2) is 9.52. The number of unbranched alkanes of at least 4 members (excludes halogenated alkanes) is 1. The zero-order chi connectivity index (χ0) is 19.9. The number of nitrogens with zero attached hydrogens (tertiary/aromatic N) is 4. The Hall–Kier alpha value is -2.64. The summed E-state index contributed by atoms with van der Waals surface area (Å²) in [5, 5.41) is 10.9. The lowest BCUT2D eigenvalue weighted by molar-refractivity contribution is 0.153. The molecule has 2 heterocycles. The van der Waals surface area contributed by atoms with Crippen molar-refractivity contribution in [2.75, 3.05) is 11.9 Å². The van der Waals surface area contributed by atoms with E-state index in [4.69, 9.17) is 9.47 Å². The van der Waals surface area contributed by atoms with Crippen molar-refractivity contribution in [3.8, 4) is 17.1 Å². The Kier molecular flexibility index (Phi) is 6.84. The van der Waals surface area contributed by atoms with E-state index in [1.165, 1.54) is 23.9 Å². The zero-order valence-corrected chi connectivity index (χ0v) is 16.9. The minimum absolute atomic E-state index is 0.270. The fourth-order valence-electron chi connectivity index (χ4n) is 3.28. The van der Waals surface area contributed by atoms with Crippen molar-refractivity contribution in [1.82, 2.24) is 20.0 Å². The van der Waals surface area contributed by atoms with Crippen molar-refractivity contribution in [3.05, 3.63) is 17.8 Å². The number of amides is 1. The van der Waals surface area contributed by atoms with Gasteiger partial charge in [-0.15, -0.1) is 5.10 Å². The maximum atomic E-state index is 12.0. The first-order valence-electron chi connectivity index (χ1n) is 10.1. The van der Waals surface area contributed by atoms with E-state index in [0.717, 1.165) is 37.1 Å². The number of carbonyl (C=O) groups excluding carboxylic acids is 1. The van der Waals surface area contributed by atoms with E-state index in [1.807, 2.05) is 26.0 Å². The molecular weight excluding hydrogens is 358 g/mol. The SMILES string of the molecule is CCCCOC(=O)Nc1c(-c2ccc(OC3CCCCC3)c(C)n2)nnn1C. The van der Waals surface area contributed by atoms with Gasteiger partial charge in [-0.3, -0.25) is 5.32 Å². The maximum absolute atomic E-state index is 12.0. The highest BCUT2D eigenvalue weighted by atomic mass is 16.5. The van der Waals surface area contributed by atoms with Gasteiger partial charge in [0.25, 0.3) is 0 Å². The molecule has 1 saturated carbocycles. The van der Waals surface area contributed by atoms with E-state index in [1.54, 1.807) is 7.05 Å². The molecule has 0 saturated heterocycles. The van der Waals surface area contributed by atoms with Crippen molar-refractivity contribution >= 4 is 11.9 Å². The van der Waals surface area contributed by atoms with Crippen LogP contribution in [0.3, 0.4) is 0 Å². The molecule has 0 unspecified atom stereocenters. The minimum Gasteiger partial charge on any atom is -0.489 e. The predicted octanol–water partition coefficient (Wildman–Crippen LogP) is 4.25. The largest absolute Gasteiger partial charge is 0.489 e. The normalized spacial score (nSPS) is 14.7. The summed E-state index contributed by atoms with van der Waals surface area (Å²) in [5.74, 6) is 1.25. The lowest BCUT2D eigenvalue weighted by atomic mass is 9.98. The first-order valence-corrected chi connectivity index (χ1v) is 10.1. The van der Waals surface area contributed by atoms with E-state index in [-0.39, 0.29) is 6.10 Å². The molecule has 8 nitrogen and oxygen atoms in total. The number of carbonyl (C=O) groups is 1. The predicted molar refractivity (Wildman–Crippen MR) is 106 cm³/mol. The highest BCUT2D eigenvalue weighted by molar-refractivity contribution is 5.88. The second-order valence-electron chi connectivity index (χ2n) is 7.18. The molecular formula is C20H29N5O3. The highest BCUT2D eigenvalue weighted by Gasteiger charge is 2.20. The molecule has 0 aliphatic heterocycles. The number of ether oxygens (including phenoxy) is 2. The van der Waals surface area contributed by atoms with Crippen LogP contribution in [0.15, 0.2) is 12.1 Å². The topological polar surface area (TPSA) is 91.2 Å². The Bertz CT molecular complexity index is 799. The van der Waals surface area contributed by atoms with Crippen LogP contribution < -0.4 is 10.1 Å². The quantitative estimate of drug-likeness (QED) is 0.714. The summed E-state index contributed by atoms with van der Waals surface area (Å²) in [6.07, 6.45) is 7.47. The van der Waals surface area contributed by atoms with E-state index in [0.29, 0.717) is 23.8 Å². The number of anilines is 1. The van der Waals surface area contributed by atoms with Gasteiger partial charge < -0.3 is 9.47 Å². The molecule has 152 valence electrons. The summed E-state index contributed by atoms with van der Waals surface area (Å²) >= 11 is 0. The zero-order valence-electron chi connectivity index (χ0n) is 16.9. The molecule has 0 atom stereocenters.